The summed E-state index contributed by atoms with van der Waals surface area (Å²) >= 11 is 1.50. The summed E-state index contributed by atoms with van der Waals surface area (Å²) in [6.45, 7) is 0. The van der Waals surface area contributed by atoms with Gasteiger partial charge in [-0.3, -0.25) is 0 Å². The summed E-state index contributed by atoms with van der Waals surface area (Å²) < 4.78 is 0.986. The number of nitrogens with one attached hydrogen (secondary N) is 1. The zero-order valence-electron chi connectivity index (χ0n) is 7.44. The van der Waals surface area contributed by atoms with Gasteiger partial charge in [-0.25, -0.2) is 9.78 Å². The van der Waals surface area contributed by atoms with E-state index in [9.17, 15) is 4.79 Å². The van der Waals surface area contributed by atoms with Crippen LogP contribution in [0.15, 0.2) is 18.2 Å². The zero-order valence-corrected chi connectivity index (χ0v) is 8.26. The third-order valence-electron chi connectivity index (χ3n) is 1.85. The number of carboxylic acids is 1. The Morgan fingerprint density at radius 3 is 3.00 bits per heavy atom. The Labute approximate surface area is 84.2 Å². The highest BCUT2D eigenvalue weighted by Gasteiger charge is 2.06. The number of rotatable bonds is 2. The van der Waals surface area contributed by atoms with E-state index in [1.54, 1.807) is 25.2 Å². The quantitative estimate of drug-likeness (QED) is 0.792. The Morgan fingerprint density at radius 1 is 1.57 bits per heavy atom. The highest BCUT2D eigenvalue weighted by Crippen LogP contribution is 2.26. The highest BCUT2D eigenvalue weighted by atomic mass is 32.1. The van der Waals surface area contributed by atoms with Gasteiger partial charge in [-0.15, -0.1) is 0 Å². The normalized spacial score (nSPS) is 10.4. The number of benzene rings is 1. The summed E-state index contributed by atoms with van der Waals surface area (Å²) in [5.41, 5.74) is 0.990. The zero-order chi connectivity index (χ0) is 10.1. The molecule has 2 aromatic rings. The molecular weight excluding hydrogens is 200 g/mol. The molecule has 0 radical (unpaired) electrons. The molecule has 0 fully saturated rings. The van der Waals surface area contributed by atoms with E-state index in [0.717, 1.165) is 15.3 Å². The van der Waals surface area contributed by atoms with Crippen LogP contribution < -0.4 is 5.32 Å². The first kappa shape index (κ1) is 8.96. The number of aromatic carboxylic acids is 1. The molecule has 0 amide bonds. The van der Waals surface area contributed by atoms with E-state index < -0.39 is 5.97 Å². The molecule has 1 aromatic carbocycles. The lowest BCUT2D eigenvalue weighted by molar-refractivity contribution is 0.0697. The summed E-state index contributed by atoms with van der Waals surface area (Å²) in [5, 5.41) is 12.5. The number of nitrogens with zero attached hydrogens (tertiary/aromatic N) is 1. The molecule has 0 atom stereocenters. The largest absolute Gasteiger partial charge is 0.478 e. The second-order valence-corrected chi connectivity index (χ2v) is 3.79. The van der Waals surface area contributed by atoms with Gasteiger partial charge in [-0.2, -0.15) is 0 Å². The van der Waals surface area contributed by atoms with Gasteiger partial charge in [-0.05, 0) is 18.2 Å². The maximum Gasteiger partial charge on any atom is 0.335 e. The fraction of sp³-hybridized carbons (Fsp3) is 0.111. The smallest absolute Gasteiger partial charge is 0.335 e. The van der Waals surface area contributed by atoms with E-state index in [1.165, 1.54) is 11.3 Å². The molecule has 0 unspecified atom stereocenters. The van der Waals surface area contributed by atoms with Crippen molar-refractivity contribution in [2.45, 2.75) is 0 Å². The monoisotopic (exact) mass is 208 g/mol. The Kier molecular flexibility index (Phi) is 2.09. The maximum absolute atomic E-state index is 10.7. The number of hydrogen-bond acceptors (Lipinski definition) is 4. The summed E-state index contributed by atoms with van der Waals surface area (Å²) in [4.78, 5) is 14.9. The summed E-state index contributed by atoms with van der Waals surface area (Å²) in [7, 11) is 1.79. The Bertz CT molecular complexity index is 493. The second kappa shape index (κ2) is 3.26. The standard InChI is InChI=1S/C9H8N2O2S/c1-10-9-11-6-4-5(8(12)13)2-3-7(6)14-9/h2-4H,1H3,(H,10,11)(H,12,13). The first-order valence-corrected chi connectivity index (χ1v) is 4.84. The first-order valence-electron chi connectivity index (χ1n) is 4.02. The predicted octanol–water partition coefficient (Wildman–Crippen LogP) is 2.04. The summed E-state index contributed by atoms with van der Waals surface area (Å²) in [6.07, 6.45) is 0. The van der Waals surface area contributed by atoms with Crippen LogP contribution in [0.5, 0.6) is 0 Å². The van der Waals surface area contributed by atoms with Crippen molar-refractivity contribution in [1.29, 1.82) is 0 Å². The minimum absolute atomic E-state index is 0.269. The fourth-order valence-electron chi connectivity index (χ4n) is 1.17. The lowest BCUT2D eigenvalue weighted by Crippen LogP contribution is -1.94. The van der Waals surface area contributed by atoms with Crippen LogP contribution in [0, 0.1) is 0 Å². The van der Waals surface area contributed by atoms with Gasteiger partial charge in [0.2, 0.25) is 0 Å². The number of carboxylic acid groups (broad SMARTS) is 1. The van der Waals surface area contributed by atoms with Crippen LogP contribution in [0.4, 0.5) is 5.13 Å². The molecule has 0 aliphatic rings. The molecule has 2 N–H and O–H groups in total. The van der Waals surface area contributed by atoms with Gasteiger partial charge in [0, 0.05) is 7.05 Å². The molecule has 0 bridgehead atoms. The molecule has 2 rings (SSSR count). The SMILES string of the molecule is CNc1nc2cc(C(=O)O)ccc2s1. The molecule has 4 nitrogen and oxygen atoms in total. The molecule has 5 heteroatoms. The molecule has 0 aliphatic heterocycles. The number of carbonyl (C=O) groups is 1. The molecule has 0 spiro atoms. The van der Waals surface area contributed by atoms with Gasteiger partial charge in [-0.1, -0.05) is 11.3 Å². The van der Waals surface area contributed by atoms with Crippen molar-refractivity contribution in [3.63, 3.8) is 0 Å². The topological polar surface area (TPSA) is 62.2 Å². The molecule has 0 aliphatic carbocycles. The molecule has 72 valence electrons. The average molecular weight is 208 g/mol. The van der Waals surface area contributed by atoms with E-state index in [4.69, 9.17) is 5.11 Å². The van der Waals surface area contributed by atoms with E-state index in [2.05, 4.69) is 10.3 Å². The van der Waals surface area contributed by atoms with Gasteiger partial charge >= 0.3 is 5.97 Å². The van der Waals surface area contributed by atoms with Gasteiger partial charge in [0.1, 0.15) is 0 Å². The van der Waals surface area contributed by atoms with E-state index in [-0.39, 0.29) is 5.56 Å². The van der Waals surface area contributed by atoms with Gasteiger partial charge in [0.05, 0.1) is 15.8 Å². The fourth-order valence-corrected chi connectivity index (χ4v) is 1.97. The van der Waals surface area contributed by atoms with Crippen LogP contribution in [-0.2, 0) is 0 Å². The maximum atomic E-state index is 10.7. The van der Waals surface area contributed by atoms with Crippen LogP contribution in [-0.4, -0.2) is 23.1 Å². The number of anilines is 1. The number of aromatic nitrogens is 1. The van der Waals surface area contributed by atoms with Crippen LogP contribution in [0.25, 0.3) is 10.2 Å². The molecule has 0 saturated carbocycles. The number of fused-ring (bicyclic) bond motifs is 1. The molecule has 1 heterocycles. The van der Waals surface area contributed by atoms with Crippen LogP contribution in [0.1, 0.15) is 10.4 Å². The van der Waals surface area contributed by atoms with Crippen LogP contribution in [0.3, 0.4) is 0 Å². The molecular formula is C9H8N2O2S. The number of hydrogen-bond donors (Lipinski definition) is 2. The lowest BCUT2D eigenvalue weighted by atomic mass is 10.2. The Hall–Kier alpha value is -1.62. The number of thiazole rings is 1. The minimum atomic E-state index is -0.925. The summed E-state index contributed by atoms with van der Waals surface area (Å²) in [6, 6.07) is 4.94. The van der Waals surface area contributed by atoms with Crippen molar-refractivity contribution in [2.75, 3.05) is 12.4 Å². The van der Waals surface area contributed by atoms with E-state index >= 15 is 0 Å². The van der Waals surface area contributed by atoms with Gasteiger partial charge in [0.15, 0.2) is 5.13 Å². The Morgan fingerprint density at radius 2 is 2.36 bits per heavy atom. The van der Waals surface area contributed by atoms with Gasteiger partial charge in [0.25, 0.3) is 0 Å². The van der Waals surface area contributed by atoms with Crippen molar-refractivity contribution in [2.24, 2.45) is 0 Å². The Balaban J connectivity index is 2.59. The van der Waals surface area contributed by atoms with Crippen molar-refractivity contribution >= 4 is 32.7 Å². The van der Waals surface area contributed by atoms with Crippen molar-refractivity contribution in [1.82, 2.24) is 4.98 Å². The minimum Gasteiger partial charge on any atom is -0.478 e. The van der Waals surface area contributed by atoms with E-state index in [1.807, 2.05) is 0 Å². The lowest BCUT2D eigenvalue weighted by Gasteiger charge is -1.91. The predicted molar refractivity (Wildman–Crippen MR) is 56.1 cm³/mol. The van der Waals surface area contributed by atoms with Gasteiger partial charge < -0.3 is 10.4 Å². The third-order valence-corrected chi connectivity index (χ3v) is 2.90. The first-order chi connectivity index (χ1) is 6.70. The second-order valence-electron chi connectivity index (χ2n) is 2.76. The average Bonchev–Trinajstić information content (AvgIpc) is 2.58. The van der Waals surface area contributed by atoms with Crippen molar-refractivity contribution in [3.8, 4) is 0 Å². The third kappa shape index (κ3) is 1.42. The summed E-state index contributed by atoms with van der Waals surface area (Å²) in [5.74, 6) is -0.925. The van der Waals surface area contributed by atoms with Crippen LogP contribution in [0.2, 0.25) is 0 Å². The molecule has 0 saturated heterocycles. The van der Waals surface area contributed by atoms with E-state index in [0.29, 0.717) is 0 Å². The van der Waals surface area contributed by atoms with Crippen LogP contribution >= 0.6 is 11.3 Å². The molecule has 1 aromatic heterocycles. The van der Waals surface area contributed by atoms with Crippen molar-refractivity contribution < 1.29 is 9.90 Å². The van der Waals surface area contributed by atoms with Crippen molar-refractivity contribution in [3.05, 3.63) is 23.8 Å². The molecule has 14 heavy (non-hydrogen) atoms. The highest BCUT2D eigenvalue weighted by molar-refractivity contribution is 7.22.